The van der Waals surface area contributed by atoms with Crippen molar-refractivity contribution in [2.45, 2.75) is 23.6 Å². The summed E-state index contributed by atoms with van der Waals surface area (Å²) >= 11 is 1.26. The summed E-state index contributed by atoms with van der Waals surface area (Å²) in [7, 11) is -3.51. The number of carbonyl (C=O) groups is 2. The predicted octanol–water partition coefficient (Wildman–Crippen LogP) is 0.235. The Balaban J connectivity index is 1.70. The highest BCUT2D eigenvalue weighted by Crippen LogP contribution is 2.29. The van der Waals surface area contributed by atoms with Crippen molar-refractivity contribution < 1.29 is 18.0 Å². The minimum atomic E-state index is -3.51. The van der Waals surface area contributed by atoms with E-state index in [-0.39, 0.29) is 31.6 Å². The minimum Gasteiger partial charge on any atom is -0.329 e. The molecule has 2 aliphatic rings. The van der Waals surface area contributed by atoms with Crippen molar-refractivity contribution >= 4 is 33.3 Å². The van der Waals surface area contributed by atoms with Crippen molar-refractivity contribution in [3.8, 4) is 0 Å². The maximum atomic E-state index is 12.4. The van der Waals surface area contributed by atoms with Crippen LogP contribution in [-0.4, -0.2) is 55.2 Å². The molecule has 0 bridgehead atoms. The summed E-state index contributed by atoms with van der Waals surface area (Å²) in [6.07, 6.45) is 0.797. The fourth-order valence-electron chi connectivity index (χ4n) is 2.39. The van der Waals surface area contributed by atoms with Crippen molar-refractivity contribution in [2.24, 2.45) is 0 Å². The van der Waals surface area contributed by atoms with Crippen LogP contribution in [0.3, 0.4) is 0 Å². The number of rotatable bonds is 4. The third-order valence-electron chi connectivity index (χ3n) is 3.65. The van der Waals surface area contributed by atoms with E-state index in [0.717, 1.165) is 16.2 Å². The van der Waals surface area contributed by atoms with Gasteiger partial charge < -0.3 is 5.32 Å². The number of hydrogen-bond acceptors (Lipinski definition) is 5. The van der Waals surface area contributed by atoms with E-state index in [1.54, 1.807) is 6.07 Å². The lowest BCUT2D eigenvalue weighted by Gasteiger charge is -2.41. The van der Waals surface area contributed by atoms with E-state index < -0.39 is 16.1 Å². The van der Waals surface area contributed by atoms with Gasteiger partial charge >= 0.3 is 6.03 Å². The Morgan fingerprint density at radius 1 is 1.33 bits per heavy atom. The van der Waals surface area contributed by atoms with E-state index in [1.807, 2.05) is 13.0 Å². The molecule has 114 valence electrons. The Hall–Kier alpha value is -1.45. The standard InChI is InChI=1S/C12H15N3O4S2/c1-2-9-3-4-11(20-9)21(18,19)14-6-8(7-14)15-10(16)5-13-12(15)17/h3-4,8H,2,5-7H2,1H3,(H,13,17). The number of urea groups is 1. The third kappa shape index (κ3) is 2.34. The number of hydrogen-bond donors (Lipinski definition) is 1. The van der Waals surface area contributed by atoms with Crippen molar-refractivity contribution in [2.75, 3.05) is 19.6 Å². The highest BCUT2D eigenvalue weighted by atomic mass is 32.2. The third-order valence-corrected chi connectivity index (χ3v) is 7.18. The topological polar surface area (TPSA) is 86.8 Å². The maximum absolute atomic E-state index is 12.4. The van der Waals surface area contributed by atoms with Crippen LogP contribution in [-0.2, 0) is 21.2 Å². The molecule has 0 radical (unpaired) electrons. The summed E-state index contributed by atoms with van der Waals surface area (Å²) in [6.45, 7) is 2.30. The van der Waals surface area contributed by atoms with Crippen LogP contribution in [0.15, 0.2) is 16.3 Å². The molecule has 1 aromatic rings. The molecule has 0 saturated carbocycles. The molecular weight excluding hydrogens is 314 g/mol. The van der Waals surface area contributed by atoms with Crippen LogP contribution in [0.25, 0.3) is 0 Å². The number of nitrogens with zero attached hydrogens (tertiary/aromatic N) is 2. The van der Waals surface area contributed by atoms with Crippen LogP contribution >= 0.6 is 11.3 Å². The molecule has 1 aromatic heterocycles. The van der Waals surface area contributed by atoms with Gasteiger partial charge in [0.15, 0.2) is 0 Å². The minimum absolute atomic E-state index is 0.00708. The van der Waals surface area contributed by atoms with Gasteiger partial charge in [-0.05, 0) is 18.6 Å². The van der Waals surface area contributed by atoms with Crippen LogP contribution in [0.5, 0.6) is 0 Å². The zero-order chi connectivity index (χ0) is 15.2. The average molecular weight is 329 g/mol. The molecule has 21 heavy (non-hydrogen) atoms. The van der Waals surface area contributed by atoms with Crippen molar-refractivity contribution in [1.82, 2.24) is 14.5 Å². The van der Waals surface area contributed by atoms with Gasteiger partial charge in [0.25, 0.3) is 10.0 Å². The molecule has 3 amide bonds. The van der Waals surface area contributed by atoms with Crippen LogP contribution in [0.1, 0.15) is 11.8 Å². The van der Waals surface area contributed by atoms with Crippen molar-refractivity contribution in [1.29, 1.82) is 0 Å². The zero-order valence-corrected chi connectivity index (χ0v) is 13.0. The van der Waals surface area contributed by atoms with Crippen LogP contribution < -0.4 is 5.32 Å². The van der Waals surface area contributed by atoms with Gasteiger partial charge in [-0.3, -0.25) is 9.69 Å². The van der Waals surface area contributed by atoms with Crippen molar-refractivity contribution in [3.63, 3.8) is 0 Å². The summed E-state index contributed by atoms with van der Waals surface area (Å²) in [5, 5.41) is 2.44. The number of amides is 3. The molecule has 3 heterocycles. The van der Waals surface area contributed by atoms with Gasteiger partial charge in [-0.25, -0.2) is 13.2 Å². The fraction of sp³-hybridized carbons (Fsp3) is 0.500. The van der Waals surface area contributed by atoms with E-state index >= 15 is 0 Å². The van der Waals surface area contributed by atoms with Crippen LogP contribution in [0.4, 0.5) is 4.79 Å². The fourth-order valence-corrected chi connectivity index (χ4v) is 5.36. The SMILES string of the molecule is CCc1ccc(S(=O)(=O)N2CC(N3C(=O)CNC3=O)C2)s1. The highest BCUT2D eigenvalue weighted by molar-refractivity contribution is 7.91. The summed E-state index contributed by atoms with van der Waals surface area (Å²) in [5.74, 6) is -0.300. The first-order valence-electron chi connectivity index (χ1n) is 6.62. The number of carbonyl (C=O) groups excluding carboxylic acids is 2. The average Bonchev–Trinajstić information content (AvgIpc) is 2.98. The molecule has 2 saturated heterocycles. The van der Waals surface area contributed by atoms with Crippen LogP contribution in [0, 0.1) is 0 Å². The molecule has 0 atom stereocenters. The predicted molar refractivity (Wildman–Crippen MR) is 76.5 cm³/mol. The number of aryl methyl sites for hydroxylation is 1. The van der Waals surface area contributed by atoms with Gasteiger partial charge in [0.05, 0.1) is 12.6 Å². The highest BCUT2D eigenvalue weighted by Gasteiger charge is 2.45. The lowest BCUT2D eigenvalue weighted by atomic mass is 10.1. The normalized spacial score (nSPS) is 20.7. The molecule has 1 N–H and O–H groups in total. The quantitative estimate of drug-likeness (QED) is 0.802. The van der Waals surface area contributed by atoms with E-state index in [2.05, 4.69) is 5.32 Å². The zero-order valence-electron chi connectivity index (χ0n) is 11.4. The summed E-state index contributed by atoms with van der Waals surface area (Å²) in [4.78, 5) is 25.2. The largest absolute Gasteiger partial charge is 0.329 e. The smallest absolute Gasteiger partial charge is 0.324 e. The second-order valence-corrected chi connectivity index (χ2v) is 8.31. The molecule has 0 aromatic carbocycles. The second kappa shape index (κ2) is 5.08. The molecular formula is C12H15N3O4S2. The Morgan fingerprint density at radius 2 is 2.05 bits per heavy atom. The molecule has 9 heteroatoms. The number of imide groups is 1. The van der Waals surface area contributed by atoms with E-state index in [9.17, 15) is 18.0 Å². The molecule has 0 aliphatic carbocycles. The first-order chi connectivity index (χ1) is 9.93. The summed E-state index contributed by atoms with van der Waals surface area (Å²) in [6, 6.07) is 2.62. The van der Waals surface area contributed by atoms with Crippen molar-refractivity contribution in [3.05, 3.63) is 17.0 Å². The Bertz CT molecular complexity index is 675. The summed E-state index contributed by atoms with van der Waals surface area (Å²) < 4.78 is 26.4. The first kappa shape index (κ1) is 14.5. The lowest BCUT2D eigenvalue weighted by Crippen LogP contribution is -2.62. The van der Waals surface area contributed by atoms with E-state index in [0.29, 0.717) is 4.21 Å². The van der Waals surface area contributed by atoms with E-state index in [1.165, 1.54) is 15.6 Å². The molecule has 7 nitrogen and oxygen atoms in total. The Morgan fingerprint density at radius 3 is 2.57 bits per heavy atom. The molecule has 3 rings (SSSR count). The number of thiophene rings is 1. The van der Waals surface area contributed by atoms with Gasteiger partial charge in [-0.2, -0.15) is 4.31 Å². The van der Waals surface area contributed by atoms with Crippen LogP contribution in [0.2, 0.25) is 0 Å². The molecule has 2 fully saturated rings. The van der Waals surface area contributed by atoms with Gasteiger partial charge in [0, 0.05) is 18.0 Å². The Labute approximate surface area is 126 Å². The van der Waals surface area contributed by atoms with Gasteiger partial charge in [-0.1, -0.05) is 6.92 Å². The first-order valence-corrected chi connectivity index (χ1v) is 8.88. The second-order valence-electron chi connectivity index (χ2n) is 4.97. The molecule has 0 spiro atoms. The molecule has 0 unspecified atom stereocenters. The number of sulfonamides is 1. The van der Waals surface area contributed by atoms with Gasteiger partial charge in [0.1, 0.15) is 4.21 Å². The Kier molecular flexibility index (Phi) is 3.50. The number of nitrogens with one attached hydrogen (secondary N) is 1. The van der Waals surface area contributed by atoms with Gasteiger partial charge in [-0.15, -0.1) is 11.3 Å². The molecule has 2 aliphatic heterocycles. The lowest BCUT2D eigenvalue weighted by molar-refractivity contribution is -0.128. The van der Waals surface area contributed by atoms with Gasteiger partial charge in [0.2, 0.25) is 5.91 Å². The summed E-state index contributed by atoms with van der Waals surface area (Å²) in [5.41, 5.74) is 0. The monoisotopic (exact) mass is 329 g/mol. The maximum Gasteiger partial charge on any atom is 0.324 e. The van der Waals surface area contributed by atoms with E-state index in [4.69, 9.17) is 0 Å².